The molecule has 1 atom stereocenters. The zero-order valence-electron chi connectivity index (χ0n) is 10.5. The van der Waals surface area contributed by atoms with E-state index in [2.05, 4.69) is 23.5 Å². The third-order valence-electron chi connectivity index (χ3n) is 3.94. The molecule has 3 rings (SSSR count). The molecule has 0 spiro atoms. The van der Waals surface area contributed by atoms with Gasteiger partial charge in [-0.3, -0.25) is 4.79 Å². The van der Waals surface area contributed by atoms with Gasteiger partial charge in [0, 0.05) is 4.90 Å². The molecular formula is C14H18N2OS. The predicted molar refractivity (Wildman–Crippen MR) is 74.8 cm³/mol. The molecule has 18 heavy (non-hydrogen) atoms. The Morgan fingerprint density at radius 2 is 2.28 bits per heavy atom. The van der Waals surface area contributed by atoms with E-state index in [4.69, 9.17) is 5.73 Å². The van der Waals surface area contributed by atoms with Gasteiger partial charge in [-0.05, 0) is 55.8 Å². The lowest BCUT2D eigenvalue weighted by Crippen LogP contribution is -2.26. The number of benzene rings is 1. The molecule has 1 amide bonds. The van der Waals surface area contributed by atoms with Crippen LogP contribution in [-0.4, -0.2) is 17.7 Å². The molecule has 4 heteroatoms. The first-order chi connectivity index (χ1) is 8.62. The summed E-state index contributed by atoms with van der Waals surface area (Å²) < 4.78 is 0. The molecule has 1 unspecified atom stereocenters. The van der Waals surface area contributed by atoms with Gasteiger partial charge in [0.25, 0.3) is 0 Å². The van der Waals surface area contributed by atoms with Crippen molar-refractivity contribution in [3.05, 3.63) is 23.8 Å². The molecule has 96 valence electrons. The molecule has 1 heterocycles. The number of nitrogens with two attached hydrogens (primary N) is 1. The Bertz CT molecular complexity index is 497. The highest BCUT2D eigenvalue weighted by molar-refractivity contribution is 8.00. The van der Waals surface area contributed by atoms with Gasteiger partial charge in [-0.2, -0.15) is 0 Å². The first kappa shape index (κ1) is 12.1. The van der Waals surface area contributed by atoms with E-state index in [-0.39, 0.29) is 11.2 Å². The molecule has 1 aliphatic heterocycles. The molecule has 1 saturated carbocycles. The topological polar surface area (TPSA) is 55.1 Å². The molecule has 1 aromatic carbocycles. The number of fused-ring (bicyclic) bond motifs is 1. The minimum atomic E-state index is 0.00201. The van der Waals surface area contributed by atoms with E-state index in [1.807, 2.05) is 6.92 Å². The number of carbonyl (C=O) groups is 1. The summed E-state index contributed by atoms with van der Waals surface area (Å²) in [5, 5.41) is 2.99. The lowest BCUT2D eigenvalue weighted by Gasteiger charge is -2.22. The minimum absolute atomic E-state index is 0.00201. The number of thioether (sulfide) groups is 1. The van der Waals surface area contributed by atoms with Crippen molar-refractivity contribution in [3.8, 4) is 0 Å². The van der Waals surface area contributed by atoms with Gasteiger partial charge in [0.2, 0.25) is 5.91 Å². The summed E-state index contributed by atoms with van der Waals surface area (Å²) in [4.78, 5) is 12.8. The maximum atomic E-state index is 11.7. The van der Waals surface area contributed by atoms with Crippen LogP contribution in [0.25, 0.3) is 0 Å². The van der Waals surface area contributed by atoms with E-state index in [1.165, 1.54) is 23.3 Å². The van der Waals surface area contributed by atoms with Gasteiger partial charge in [0.05, 0.1) is 10.9 Å². The predicted octanol–water partition coefficient (Wildman–Crippen LogP) is 2.40. The summed E-state index contributed by atoms with van der Waals surface area (Å²) in [6.07, 6.45) is 3.50. The number of anilines is 1. The van der Waals surface area contributed by atoms with Crippen LogP contribution in [0.3, 0.4) is 0 Å². The van der Waals surface area contributed by atoms with Crippen LogP contribution in [0.15, 0.2) is 23.1 Å². The fraction of sp³-hybridized carbons (Fsp3) is 0.500. The summed E-state index contributed by atoms with van der Waals surface area (Å²) in [7, 11) is 0. The smallest absolute Gasteiger partial charge is 0.237 e. The van der Waals surface area contributed by atoms with Crippen LogP contribution in [0.1, 0.15) is 25.3 Å². The summed E-state index contributed by atoms with van der Waals surface area (Å²) in [5.41, 5.74) is 8.41. The molecule has 0 aromatic heterocycles. The Hall–Kier alpha value is -1.00. The number of amides is 1. The van der Waals surface area contributed by atoms with Crippen LogP contribution in [0.4, 0.5) is 5.69 Å². The van der Waals surface area contributed by atoms with Crippen LogP contribution >= 0.6 is 11.8 Å². The Morgan fingerprint density at radius 3 is 2.94 bits per heavy atom. The van der Waals surface area contributed by atoms with Crippen molar-refractivity contribution >= 4 is 23.4 Å². The number of hydrogen-bond acceptors (Lipinski definition) is 3. The average Bonchev–Trinajstić information content (AvgIpc) is 3.12. The molecule has 0 bridgehead atoms. The second-order valence-electron chi connectivity index (χ2n) is 5.46. The lowest BCUT2D eigenvalue weighted by atomic mass is 9.96. The largest absolute Gasteiger partial charge is 0.330 e. The van der Waals surface area contributed by atoms with E-state index in [0.717, 1.165) is 18.7 Å². The maximum Gasteiger partial charge on any atom is 0.237 e. The van der Waals surface area contributed by atoms with Gasteiger partial charge < -0.3 is 11.1 Å². The Morgan fingerprint density at radius 1 is 1.50 bits per heavy atom. The first-order valence-electron chi connectivity index (χ1n) is 6.42. The Kier molecular flexibility index (Phi) is 2.87. The van der Waals surface area contributed by atoms with Crippen molar-refractivity contribution < 1.29 is 4.79 Å². The van der Waals surface area contributed by atoms with Gasteiger partial charge in [-0.15, -0.1) is 11.8 Å². The van der Waals surface area contributed by atoms with E-state index < -0.39 is 0 Å². The van der Waals surface area contributed by atoms with Crippen LogP contribution in [-0.2, 0) is 11.2 Å². The van der Waals surface area contributed by atoms with Crippen LogP contribution < -0.4 is 11.1 Å². The van der Waals surface area contributed by atoms with Crippen molar-refractivity contribution in [2.75, 3.05) is 11.9 Å². The van der Waals surface area contributed by atoms with Crippen molar-refractivity contribution in [3.63, 3.8) is 0 Å². The second kappa shape index (κ2) is 4.28. The average molecular weight is 262 g/mol. The van der Waals surface area contributed by atoms with Crippen LogP contribution in [0, 0.1) is 5.41 Å². The molecule has 1 fully saturated rings. The monoisotopic (exact) mass is 262 g/mol. The van der Waals surface area contributed by atoms with Crippen molar-refractivity contribution in [2.45, 2.75) is 36.3 Å². The number of nitrogens with one attached hydrogen (secondary N) is 1. The third-order valence-corrected chi connectivity index (χ3v) is 5.12. The zero-order chi connectivity index (χ0) is 12.8. The highest BCUT2D eigenvalue weighted by Gasteiger charge is 2.41. The fourth-order valence-electron chi connectivity index (χ4n) is 2.43. The van der Waals surface area contributed by atoms with Gasteiger partial charge in [0.1, 0.15) is 0 Å². The van der Waals surface area contributed by atoms with Gasteiger partial charge in [0.15, 0.2) is 0 Å². The normalized spacial score (nSPS) is 24.3. The van der Waals surface area contributed by atoms with Gasteiger partial charge >= 0.3 is 0 Å². The third kappa shape index (κ3) is 2.15. The minimum Gasteiger partial charge on any atom is -0.330 e. The molecule has 0 radical (unpaired) electrons. The zero-order valence-corrected chi connectivity index (χ0v) is 11.3. The molecular weight excluding hydrogens is 244 g/mol. The summed E-state index contributed by atoms with van der Waals surface area (Å²) in [6, 6.07) is 6.41. The molecule has 2 aliphatic rings. The highest BCUT2D eigenvalue weighted by atomic mass is 32.2. The number of carbonyl (C=O) groups excluding carboxylic acids is 1. The molecule has 3 N–H and O–H groups in total. The van der Waals surface area contributed by atoms with Crippen LogP contribution in [0.5, 0.6) is 0 Å². The summed E-state index contributed by atoms with van der Waals surface area (Å²) >= 11 is 1.63. The number of hydrogen-bond donors (Lipinski definition) is 2. The van der Waals surface area contributed by atoms with Crippen LogP contribution in [0.2, 0.25) is 0 Å². The van der Waals surface area contributed by atoms with E-state index in [0.29, 0.717) is 5.41 Å². The van der Waals surface area contributed by atoms with Gasteiger partial charge in [-0.1, -0.05) is 6.07 Å². The van der Waals surface area contributed by atoms with E-state index in [1.54, 1.807) is 11.8 Å². The van der Waals surface area contributed by atoms with Gasteiger partial charge in [-0.25, -0.2) is 0 Å². The summed E-state index contributed by atoms with van der Waals surface area (Å²) in [5.74, 6) is 0.101. The fourth-order valence-corrected chi connectivity index (χ4v) is 3.36. The molecule has 1 aromatic rings. The molecule has 3 nitrogen and oxygen atoms in total. The molecule has 0 saturated heterocycles. The maximum absolute atomic E-state index is 11.7. The standard InChI is InChI=1S/C14H18N2OS/c1-9-13(17)16-11-6-10(2-3-12(11)18-9)7-14(8-15)4-5-14/h2-3,6,9H,4-5,7-8,15H2,1H3,(H,16,17). The van der Waals surface area contributed by atoms with Crippen molar-refractivity contribution in [2.24, 2.45) is 11.1 Å². The SMILES string of the molecule is CC1Sc2ccc(CC3(CN)CC3)cc2NC1=O. The second-order valence-corrected chi connectivity index (χ2v) is 6.84. The quantitative estimate of drug-likeness (QED) is 0.879. The van der Waals surface area contributed by atoms with Crippen molar-refractivity contribution in [1.29, 1.82) is 0 Å². The Balaban J connectivity index is 1.83. The number of rotatable bonds is 3. The molecule has 1 aliphatic carbocycles. The lowest BCUT2D eigenvalue weighted by molar-refractivity contribution is -0.115. The van der Waals surface area contributed by atoms with Crippen molar-refractivity contribution in [1.82, 2.24) is 0 Å². The first-order valence-corrected chi connectivity index (χ1v) is 7.30. The highest BCUT2D eigenvalue weighted by Crippen LogP contribution is 2.48. The van der Waals surface area contributed by atoms with E-state index >= 15 is 0 Å². The van der Waals surface area contributed by atoms with E-state index in [9.17, 15) is 4.79 Å². The summed E-state index contributed by atoms with van der Waals surface area (Å²) in [6.45, 7) is 2.70. The Labute approximate surface area is 112 Å².